The van der Waals surface area contributed by atoms with Gasteiger partial charge in [0.05, 0.1) is 6.20 Å². The normalized spacial score (nSPS) is 27.4. The summed E-state index contributed by atoms with van der Waals surface area (Å²) < 4.78 is 7.45. The molecule has 4 nitrogen and oxygen atoms in total. The van der Waals surface area contributed by atoms with Crippen LogP contribution in [0.3, 0.4) is 0 Å². The van der Waals surface area contributed by atoms with Crippen molar-refractivity contribution in [1.29, 1.82) is 0 Å². The van der Waals surface area contributed by atoms with Crippen molar-refractivity contribution in [3.63, 3.8) is 0 Å². The second kappa shape index (κ2) is 5.41. The van der Waals surface area contributed by atoms with Gasteiger partial charge in [0.25, 0.3) is 0 Å². The Labute approximate surface area is 109 Å². The van der Waals surface area contributed by atoms with Crippen molar-refractivity contribution in [3.05, 3.63) is 17.5 Å². The molecule has 0 aromatic carbocycles. The van der Waals surface area contributed by atoms with E-state index in [0.717, 1.165) is 25.7 Å². The van der Waals surface area contributed by atoms with Gasteiger partial charge >= 0.3 is 0 Å². The molecule has 2 unspecified atom stereocenters. The fraction of sp³-hybridized carbons (Fsp3) is 0.786. The second-order valence-corrected chi connectivity index (χ2v) is 5.59. The molecule has 1 aromatic heterocycles. The lowest BCUT2D eigenvalue weighted by Gasteiger charge is -2.24. The minimum absolute atomic E-state index is 0.518. The van der Waals surface area contributed by atoms with Crippen molar-refractivity contribution in [2.75, 3.05) is 19.8 Å². The Bertz CT molecular complexity index is 396. The standard InChI is InChI=1S/C14H23N3O/c1-17-14-4-2-3-13(12(14)9-16-17)15-7-5-11-6-8-18-10-11/h9,11,13,15H,2-8,10H2,1H3. The summed E-state index contributed by atoms with van der Waals surface area (Å²) in [4.78, 5) is 0. The molecule has 18 heavy (non-hydrogen) atoms. The molecule has 1 aliphatic heterocycles. The Hall–Kier alpha value is -0.870. The first kappa shape index (κ1) is 12.2. The van der Waals surface area contributed by atoms with E-state index in [4.69, 9.17) is 4.74 Å². The van der Waals surface area contributed by atoms with Crippen molar-refractivity contribution >= 4 is 0 Å². The summed E-state index contributed by atoms with van der Waals surface area (Å²) in [6.07, 6.45) is 8.23. The van der Waals surface area contributed by atoms with E-state index >= 15 is 0 Å². The summed E-state index contributed by atoms with van der Waals surface area (Å²) in [5.41, 5.74) is 2.84. The minimum atomic E-state index is 0.518. The fourth-order valence-corrected chi connectivity index (χ4v) is 3.19. The molecule has 0 amide bonds. The fourth-order valence-electron chi connectivity index (χ4n) is 3.19. The zero-order chi connectivity index (χ0) is 12.4. The van der Waals surface area contributed by atoms with Crippen molar-refractivity contribution in [1.82, 2.24) is 15.1 Å². The van der Waals surface area contributed by atoms with Crippen LogP contribution in [0.2, 0.25) is 0 Å². The van der Waals surface area contributed by atoms with E-state index in [0.29, 0.717) is 6.04 Å². The van der Waals surface area contributed by atoms with Crippen molar-refractivity contribution in [2.45, 2.75) is 38.1 Å². The van der Waals surface area contributed by atoms with Crippen LogP contribution in [-0.2, 0) is 18.2 Å². The van der Waals surface area contributed by atoms with E-state index in [-0.39, 0.29) is 0 Å². The van der Waals surface area contributed by atoms with Crippen LogP contribution in [0, 0.1) is 5.92 Å². The molecule has 2 atom stereocenters. The van der Waals surface area contributed by atoms with E-state index in [1.54, 1.807) is 0 Å². The molecular weight excluding hydrogens is 226 g/mol. The third kappa shape index (κ3) is 2.45. The quantitative estimate of drug-likeness (QED) is 0.884. The second-order valence-electron chi connectivity index (χ2n) is 5.59. The largest absolute Gasteiger partial charge is 0.381 e. The number of nitrogens with one attached hydrogen (secondary N) is 1. The van der Waals surface area contributed by atoms with E-state index in [9.17, 15) is 0 Å². The SMILES string of the molecule is Cn1ncc2c1CCCC2NCCC1CCOC1. The number of nitrogens with zero attached hydrogens (tertiary/aromatic N) is 2. The summed E-state index contributed by atoms with van der Waals surface area (Å²) in [7, 11) is 2.05. The zero-order valence-electron chi connectivity index (χ0n) is 11.2. The highest BCUT2D eigenvalue weighted by Gasteiger charge is 2.23. The average Bonchev–Trinajstić information content (AvgIpc) is 3.01. The summed E-state index contributed by atoms with van der Waals surface area (Å²) in [6.45, 7) is 3.03. The Balaban J connectivity index is 1.54. The molecule has 2 aliphatic rings. The maximum Gasteiger partial charge on any atom is 0.0540 e. The van der Waals surface area contributed by atoms with Crippen LogP contribution in [0.25, 0.3) is 0 Å². The number of hydrogen-bond acceptors (Lipinski definition) is 3. The predicted octanol–water partition coefficient (Wildman–Crippen LogP) is 1.81. The van der Waals surface area contributed by atoms with Gasteiger partial charge in [-0.25, -0.2) is 0 Å². The van der Waals surface area contributed by atoms with Gasteiger partial charge in [0.15, 0.2) is 0 Å². The van der Waals surface area contributed by atoms with E-state index in [1.165, 1.54) is 43.4 Å². The van der Waals surface area contributed by atoms with Crippen LogP contribution in [0.1, 0.15) is 43.0 Å². The molecule has 0 bridgehead atoms. The van der Waals surface area contributed by atoms with Gasteiger partial charge in [-0.1, -0.05) is 0 Å². The molecule has 1 aliphatic carbocycles. The van der Waals surface area contributed by atoms with E-state index < -0.39 is 0 Å². The molecule has 0 spiro atoms. The van der Waals surface area contributed by atoms with Crippen molar-refractivity contribution in [2.24, 2.45) is 13.0 Å². The molecule has 4 heteroatoms. The lowest BCUT2D eigenvalue weighted by atomic mass is 9.92. The molecule has 0 radical (unpaired) electrons. The van der Waals surface area contributed by atoms with Gasteiger partial charge in [-0.2, -0.15) is 5.10 Å². The van der Waals surface area contributed by atoms with Crippen molar-refractivity contribution < 1.29 is 4.74 Å². The smallest absolute Gasteiger partial charge is 0.0540 e. The molecule has 0 saturated carbocycles. The molecule has 2 heterocycles. The maximum atomic E-state index is 5.42. The van der Waals surface area contributed by atoms with Crippen LogP contribution < -0.4 is 5.32 Å². The minimum Gasteiger partial charge on any atom is -0.381 e. The summed E-state index contributed by atoms with van der Waals surface area (Å²) in [5.74, 6) is 0.773. The van der Waals surface area contributed by atoms with Gasteiger partial charge < -0.3 is 10.1 Å². The molecule has 1 saturated heterocycles. The number of ether oxygens (including phenoxy) is 1. The topological polar surface area (TPSA) is 39.1 Å². The third-order valence-electron chi connectivity index (χ3n) is 4.34. The zero-order valence-corrected chi connectivity index (χ0v) is 11.2. The first-order valence-electron chi connectivity index (χ1n) is 7.16. The average molecular weight is 249 g/mol. The first-order valence-corrected chi connectivity index (χ1v) is 7.16. The van der Waals surface area contributed by atoms with Gasteiger partial charge in [0.1, 0.15) is 0 Å². The van der Waals surface area contributed by atoms with Gasteiger partial charge in [0, 0.05) is 37.6 Å². The molecular formula is C14H23N3O. The van der Waals surface area contributed by atoms with Crippen LogP contribution in [0.15, 0.2) is 6.20 Å². The monoisotopic (exact) mass is 249 g/mol. The summed E-state index contributed by atoms with van der Waals surface area (Å²) in [5, 5.41) is 8.10. The highest BCUT2D eigenvalue weighted by atomic mass is 16.5. The molecule has 100 valence electrons. The predicted molar refractivity (Wildman–Crippen MR) is 70.4 cm³/mol. The first-order chi connectivity index (χ1) is 8.84. The van der Waals surface area contributed by atoms with Gasteiger partial charge in [-0.05, 0) is 44.6 Å². The lowest BCUT2D eigenvalue weighted by molar-refractivity contribution is 0.184. The highest BCUT2D eigenvalue weighted by Crippen LogP contribution is 2.29. The Morgan fingerprint density at radius 2 is 2.44 bits per heavy atom. The highest BCUT2D eigenvalue weighted by molar-refractivity contribution is 5.24. The number of fused-ring (bicyclic) bond motifs is 1. The van der Waals surface area contributed by atoms with E-state index in [1.807, 2.05) is 10.9 Å². The maximum absolute atomic E-state index is 5.42. The molecule has 3 rings (SSSR count). The van der Waals surface area contributed by atoms with Gasteiger partial charge in [-0.15, -0.1) is 0 Å². The van der Waals surface area contributed by atoms with Crippen LogP contribution in [0.4, 0.5) is 0 Å². The van der Waals surface area contributed by atoms with Crippen LogP contribution in [-0.4, -0.2) is 29.5 Å². The van der Waals surface area contributed by atoms with Gasteiger partial charge in [0.2, 0.25) is 0 Å². The number of aryl methyl sites for hydroxylation is 1. The van der Waals surface area contributed by atoms with Gasteiger partial charge in [-0.3, -0.25) is 4.68 Å². The molecule has 1 fully saturated rings. The number of aromatic nitrogens is 2. The molecule has 1 N–H and O–H groups in total. The van der Waals surface area contributed by atoms with Crippen molar-refractivity contribution in [3.8, 4) is 0 Å². The van der Waals surface area contributed by atoms with E-state index in [2.05, 4.69) is 17.5 Å². The summed E-state index contributed by atoms with van der Waals surface area (Å²) >= 11 is 0. The third-order valence-corrected chi connectivity index (χ3v) is 4.34. The lowest BCUT2D eigenvalue weighted by Crippen LogP contribution is -2.27. The Morgan fingerprint density at radius 3 is 3.28 bits per heavy atom. The Morgan fingerprint density at radius 1 is 1.50 bits per heavy atom. The number of hydrogen-bond donors (Lipinski definition) is 1. The number of rotatable bonds is 4. The Kier molecular flexibility index (Phi) is 3.66. The molecule has 1 aromatic rings. The summed E-state index contributed by atoms with van der Waals surface area (Å²) in [6, 6.07) is 0.518. The van der Waals surface area contributed by atoms with Crippen LogP contribution >= 0.6 is 0 Å². The van der Waals surface area contributed by atoms with Crippen LogP contribution in [0.5, 0.6) is 0 Å².